The normalized spacial score (nSPS) is 20.0. The maximum absolute atomic E-state index is 12.1. The van der Waals surface area contributed by atoms with E-state index in [0.29, 0.717) is 22.5 Å². The van der Waals surface area contributed by atoms with Gasteiger partial charge in [-0.1, -0.05) is 31.5 Å². The van der Waals surface area contributed by atoms with Gasteiger partial charge in [-0.3, -0.25) is 14.5 Å². The van der Waals surface area contributed by atoms with Crippen LogP contribution in [0.1, 0.15) is 41.9 Å². The van der Waals surface area contributed by atoms with Gasteiger partial charge in [-0.15, -0.1) is 11.3 Å². The fourth-order valence-electron chi connectivity index (χ4n) is 3.72. The van der Waals surface area contributed by atoms with E-state index in [1.54, 1.807) is 12.1 Å². The highest BCUT2D eigenvalue weighted by molar-refractivity contribution is 7.13. The summed E-state index contributed by atoms with van der Waals surface area (Å²) in [4.78, 5) is 31.2. The minimum atomic E-state index is -0.276. The fraction of sp³-hybridized carbons (Fsp3) is 0.476. The Hall–Kier alpha value is -2.25. The van der Waals surface area contributed by atoms with Crippen LogP contribution >= 0.6 is 11.3 Å². The van der Waals surface area contributed by atoms with E-state index in [4.69, 9.17) is 0 Å². The van der Waals surface area contributed by atoms with Crippen molar-refractivity contribution in [1.82, 2.24) is 15.2 Å². The van der Waals surface area contributed by atoms with Crippen LogP contribution in [-0.2, 0) is 11.3 Å². The summed E-state index contributed by atoms with van der Waals surface area (Å²) < 4.78 is 0. The number of rotatable bonds is 6. The van der Waals surface area contributed by atoms with E-state index in [1.807, 2.05) is 24.4 Å². The van der Waals surface area contributed by atoms with E-state index in [9.17, 15) is 9.59 Å². The van der Waals surface area contributed by atoms with Crippen molar-refractivity contribution in [3.05, 3.63) is 46.5 Å². The summed E-state index contributed by atoms with van der Waals surface area (Å²) >= 11 is 1.42. The smallest absolute Gasteiger partial charge is 0.251 e. The topological polar surface area (TPSA) is 74.3 Å². The number of amides is 2. The van der Waals surface area contributed by atoms with E-state index in [-0.39, 0.29) is 18.4 Å². The van der Waals surface area contributed by atoms with Crippen molar-refractivity contribution in [3.8, 4) is 0 Å². The van der Waals surface area contributed by atoms with Gasteiger partial charge in [0.15, 0.2) is 5.13 Å². The Bertz CT molecular complexity index is 808. The first-order valence-corrected chi connectivity index (χ1v) is 10.6. The first-order valence-electron chi connectivity index (χ1n) is 9.70. The molecule has 2 N–H and O–H groups in total. The van der Waals surface area contributed by atoms with Gasteiger partial charge in [0.1, 0.15) is 0 Å². The van der Waals surface area contributed by atoms with Crippen molar-refractivity contribution in [2.75, 3.05) is 25.0 Å². The van der Waals surface area contributed by atoms with Gasteiger partial charge in [-0.05, 0) is 37.3 Å². The number of likely N-dealkylation sites (tertiary alicyclic amines) is 1. The lowest BCUT2D eigenvalue weighted by Crippen LogP contribution is -2.38. The van der Waals surface area contributed by atoms with Crippen LogP contribution in [-0.4, -0.2) is 41.3 Å². The van der Waals surface area contributed by atoms with Gasteiger partial charge in [0.25, 0.3) is 5.91 Å². The van der Waals surface area contributed by atoms with Crippen LogP contribution in [0.15, 0.2) is 29.6 Å². The van der Waals surface area contributed by atoms with Crippen LogP contribution in [0.25, 0.3) is 0 Å². The molecule has 0 radical (unpaired) electrons. The third-order valence-electron chi connectivity index (χ3n) is 4.85. The van der Waals surface area contributed by atoms with Gasteiger partial charge in [0.05, 0.1) is 12.2 Å². The molecule has 2 amide bonds. The molecule has 1 aliphatic rings. The van der Waals surface area contributed by atoms with Gasteiger partial charge in [-0.2, -0.15) is 0 Å². The van der Waals surface area contributed by atoms with Gasteiger partial charge < -0.3 is 10.6 Å². The molecule has 28 heavy (non-hydrogen) atoms. The molecule has 2 atom stereocenters. The monoisotopic (exact) mass is 400 g/mol. The van der Waals surface area contributed by atoms with Crippen molar-refractivity contribution in [2.24, 2.45) is 11.8 Å². The number of carbonyl (C=O) groups is 2. The Labute approximate surface area is 170 Å². The molecule has 1 fully saturated rings. The van der Waals surface area contributed by atoms with E-state index in [0.717, 1.165) is 30.9 Å². The number of anilines is 1. The Morgan fingerprint density at radius 3 is 2.54 bits per heavy atom. The molecule has 0 spiro atoms. The quantitative estimate of drug-likeness (QED) is 0.780. The number of hydrogen-bond acceptors (Lipinski definition) is 5. The van der Waals surface area contributed by atoms with Gasteiger partial charge in [-0.25, -0.2) is 4.98 Å². The predicted octanol–water partition coefficient (Wildman–Crippen LogP) is 3.30. The molecule has 0 aliphatic carbocycles. The molecular weight excluding hydrogens is 372 g/mol. The summed E-state index contributed by atoms with van der Waals surface area (Å²) in [6.45, 7) is 9.46. The molecule has 150 valence electrons. The molecule has 0 bridgehead atoms. The maximum atomic E-state index is 12.1. The Kier molecular flexibility index (Phi) is 6.80. The van der Waals surface area contributed by atoms with Crippen molar-refractivity contribution in [1.29, 1.82) is 0 Å². The molecule has 6 nitrogen and oxygen atoms in total. The van der Waals surface area contributed by atoms with E-state index in [1.165, 1.54) is 17.8 Å². The third kappa shape index (κ3) is 5.87. The molecule has 2 unspecified atom stereocenters. The summed E-state index contributed by atoms with van der Waals surface area (Å²) in [5.74, 6) is 0.877. The van der Waals surface area contributed by atoms with E-state index >= 15 is 0 Å². The maximum Gasteiger partial charge on any atom is 0.251 e. The standard InChI is InChI=1S/C21H28N4O2S/c1-14-4-6-17(7-5-14)20(27)22-9-19(26)24-21-23-18(13-28-21)12-25-10-15(2)8-16(3)11-25/h4-7,13,15-16H,8-12H2,1-3H3,(H,22,27)(H,23,24,26). The van der Waals surface area contributed by atoms with Gasteiger partial charge in [0.2, 0.25) is 5.91 Å². The number of aryl methyl sites for hydroxylation is 1. The number of carbonyl (C=O) groups excluding carboxylic acids is 2. The van der Waals surface area contributed by atoms with Gasteiger partial charge in [0, 0.05) is 30.6 Å². The van der Waals surface area contributed by atoms with Crippen LogP contribution in [0.5, 0.6) is 0 Å². The summed E-state index contributed by atoms with van der Waals surface area (Å²) in [6.07, 6.45) is 1.28. The predicted molar refractivity (Wildman–Crippen MR) is 112 cm³/mol. The summed E-state index contributed by atoms with van der Waals surface area (Å²) in [7, 11) is 0. The molecule has 2 aromatic rings. The summed E-state index contributed by atoms with van der Waals surface area (Å²) in [5, 5.41) is 7.97. The van der Waals surface area contributed by atoms with Crippen LogP contribution < -0.4 is 10.6 Å². The molecule has 1 aromatic heterocycles. The molecule has 3 rings (SSSR count). The Balaban J connectivity index is 1.46. The number of benzene rings is 1. The van der Waals surface area contributed by atoms with E-state index in [2.05, 4.69) is 34.4 Å². The largest absolute Gasteiger partial charge is 0.343 e. The highest BCUT2D eigenvalue weighted by Gasteiger charge is 2.22. The third-order valence-corrected chi connectivity index (χ3v) is 5.66. The van der Waals surface area contributed by atoms with Crippen LogP contribution in [0.2, 0.25) is 0 Å². The SMILES string of the molecule is Cc1ccc(C(=O)NCC(=O)Nc2nc(CN3CC(C)CC(C)C3)cs2)cc1. The first-order chi connectivity index (χ1) is 13.4. The number of hydrogen-bond donors (Lipinski definition) is 2. The molecule has 1 aromatic carbocycles. The second kappa shape index (κ2) is 9.30. The fourth-order valence-corrected chi connectivity index (χ4v) is 4.44. The zero-order valence-electron chi connectivity index (χ0n) is 16.7. The molecule has 1 saturated heterocycles. The molecule has 1 aliphatic heterocycles. The van der Waals surface area contributed by atoms with Crippen molar-refractivity contribution in [2.45, 2.75) is 33.7 Å². The van der Waals surface area contributed by atoms with Crippen LogP contribution in [0.3, 0.4) is 0 Å². The number of piperidine rings is 1. The molecule has 2 heterocycles. The Morgan fingerprint density at radius 2 is 1.86 bits per heavy atom. The van der Waals surface area contributed by atoms with Crippen LogP contribution in [0.4, 0.5) is 5.13 Å². The highest BCUT2D eigenvalue weighted by Crippen LogP contribution is 2.23. The van der Waals surface area contributed by atoms with Crippen molar-refractivity contribution in [3.63, 3.8) is 0 Å². The number of thiazole rings is 1. The van der Waals surface area contributed by atoms with Crippen molar-refractivity contribution < 1.29 is 9.59 Å². The minimum Gasteiger partial charge on any atom is -0.343 e. The second-order valence-corrected chi connectivity index (χ2v) is 8.74. The summed E-state index contributed by atoms with van der Waals surface area (Å²) in [6, 6.07) is 7.24. The zero-order valence-corrected chi connectivity index (χ0v) is 17.5. The lowest BCUT2D eigenvalue weighted by molar-refractivity contribution is -0.115. The first kappa shape index (κ1) is 20.5. The number of nitrogens with zero attached hydrogens (tertiary/aromatic N) is 2. The zero-order chi connectivity index (χ0) is 20.1. The minimum absolute atomic E-state index is 0.0806. The average Bonchev–Trinajstić information content (AvgIpc) is 3.06. The van der Waals surface area contributed by atoms with E-state index < -0.39 is 0 Å². The number of nitrogens with one attached hydrogen (secondary N) is 2. The number of aromatic nitrogens is 1. The highest BCUT2D eigenvalue weighted by atomic mass is 32.1. The lowest BCUT2D eigenvalue weighted by atomic mass is 9.92. The molecule has 0 saturated carbocycles. The lowest BCUT2D eigenvalue weighted by Gasteiger charge is -2.34. The Morgan fingerprint density at radius 1 is 1.18 bits per heavy atom. The second-order valence-electron chi connectivity index (χ2n) is 7.88. The van der Waals surface area contributed by atoms with Crippen molar-refractivity contribution >= 4 is 28.3 Å². The summed E-state index contributed by atoms with van der Waals surface area (Å²) in [5.41, 5.74) is 2.60. The van der Waals surface area contributed by atoms with Gasteiger partial charge >= 0.3 is 0 Å². The molecule has 7 heteroatoms. The van der Waals surface area contributed by atoms with Crippen LogP contribution in [0, 0.1) is 18.8 Å². The average molecular weight is 401 g/mol. The molecular formula is C21H28N4O2S.